The average Bonchev–Trinajstić information content (AvgIpc) is 1.49. The van der Waals surface area contributed by atoms with Crippen LogP contribution < -0.4 is 76.1 Å². The first-order valence-corrected chi connectivity index (χ1v) is 33.0. The Bertz CT molecular complexity index is 2650. The molecule has 10 amide bonds. The van der Waals surface area contributed by atoms with Crippen LogP contribution in [-0.2, 0) is 65.6 Å². The number of aldehydes is 1. The summed E-state index contributed by atoms with van der Waals surface area (Å²) >= 11 is 1.42. The predicted molar refractivity (Wildman–Crippen MR) is 353 cm³/mol. The highest BCUT2D eigenvalue weighted by atomic mass is 32.2. The smallest absolute Gasteiger partial charge is 0.245 e. The number of benzene rings is 1. The molecule has 0 saturated heterocycles. The minimum Gasteiger partial charge on any atom is -0.394 e. The summed E-state index contributed by atoms with van der Waals surface area (Å²) in [6.45, 7) is 6.56. The summed E-state index contributed by atoms with van der Waals surface area (Å²) in [6.07, 6.45) is 7.00. The van der Waals surface area contributed by atoms with Crippen LogP contribution >= 0.6 is 11.8 Å². The molecule has 0 radical (unpaired) electrons. The molecule has 0 fully saturated rings. The van der Waals surface area contributed by atoms with Crippen molar-refractivity contribution in [2.45, 2.75) is 191 Å². The maximum Gasteiger partial charge on any atom is 0.245 e. The number of unbranched alkanes of at least 4 members (excludes halogenated alkanes) is 3. The number of hydrogen-bond acceptors (Lipinski definition) is 19. The summed E-state index contributed by atoms with van der Waals surface area (Å²) in [5.74, 6) is -7.74. The minimum absolute atomic E-state index is 0.00164. The maximum atomic E-state index is 14.8. The number of amides is 10. The lowest BCUT2D eigenvalue weighted by Crippen LogP contribution is -2.61. The zero-order valence-corrected chi connectivity index (χ0v) is 55.7. The molecule has 0 unspecified atom stereocenters. The number of imidazole rings is 1. The van der Waals surface area contributed by atoms with Gasteiger partial charge in [0.1, 0.15) is 60.7 Å². The fourth-order valence-electron chi connectivity index (χ4n) is 9.47. The number of H-pyrrole nitrogens is 1. The Hall–Kier alpha value is -7.78. The number of thioether (sulfide) groups is 1. The van der Waals surface area contributed by atoms with Gasteiger partial charge in [-0.05, 0) is 141 Å². The zero-order chi connectivity index (χ0) is 69.4. The fourth-order valence-corrected chi connectivity index (χ4v) is 9.94. The topological polar surface area (TPSA) is 497 Å². The van der Waals surface area contributed by atoms with Crippen LogP contribution in [0.2, 0.25) is 0 Å². The van der Waals surface area contributed by atoms with Gasteiger partial charge in [0.15, 0.2) is 5.96 Å². The third-order valence-electron chi connectivity index (χ3n) is 14.7. The highest BCUT2D eigenvalue weighted by Gasteiger charge is 2.36. The first kappa shape index (κ1) is 81.3. The van der Waals surface area contributed by atoms with Crippen LogP contribution in [0.15, 0.2) is 47.8 Å². The van der Waals surface area contributed by atoms with Crippen LogP contribution in [0.1, 0.15) is 122 Å². The van der Waals surface area contributed by atoms with Crippen molar-refractivity contribution in [3.05, 3.63) is 54.1 Å². The van der Waals surface area contributed by atoms with Crippen molar-refractivity contribution in [2.75, 3.05) is 58.9 Å². The van der Waals surface area contributed by atoms with Crippen molar-refractivity contribution in [3.63, 3.8) is 0 Å². The molecule has 11 atom stereocenters. The molecule has 2 rings (SSSR count). The molecular formula is C61H104N18O13S. The van der Waals surface area contributed by atoms with Gasteiger partial charge in [-0.25, -0.2) is 4.98 Å². The van der Waals surface area contributed by atoms with Crippen molar-refractivity contribution in [1.29, 1.82) is 0 Å². The lowest BCUT2D eigenvalue weighted by atomic mass is 10.0. The molecule has 1 aromatic carbocycles. The molecule has 1 aromatic heterocycles. The Morgan fingerprint density at radius 2 is 1.12 bits per heavy atom. The molecule has 0 bridgehead atoms. The second-order valence-corrected chi connectivity index (χ2v) is 24.6. The number of aromatic amines is 1. The van der Waals surface area contributed by atoms with Gasteiger partial charge in [-0.15, -0.1) is 0 Å². The SMILES string of the molecule is CSCC[C@H](NC(=O)[C@H](CC(C)C)NC(=O)[C@H](CCCCN(C)C)NC(=O)[C@H](CCCCNC(C)=O)NC(=O)[C@H](Cc1cnc[nH]1)NC(=O)[C@H](CCCN=C(N)N)NC(=O)[C@H](CO)NC(=O)[C@@H](N)[C@@H](C)O)C(=O)N[C@@H](Cc1ccccc1)C(=O)N[C@H](C=O)CCCCN. The molecular weight excluding hydrogens is 1220 g/mol. The molecule has 1 heterocycles. The van der Waals surface area contributed by atoms with Crippen LogP contribution in [-0.4, -0.2) is 222 Å². The second kappa shape index (κ2) is 45.5. The van der Waals surface area contributed by atoms with E-state index in [0.29, 0.717) is 69.3 Å². The molecule has 0 aliphatic rings. The van der Waals surface area contributed by atoms with E-state index in [4.69, 9.17) is 22.9 Å². The molecule has 0 saturated carbocycles. The predicted octanol–water partition coefficient (Wildman–Crippen LogP) is -3.52. The first-order chi connectivity index (χ1) is 44.2. The molecule has 32 heteroatoms. The van der Waals surface area contributed by atoms with Gasteiger partial charge in [0, 0.05) is 44.7 Å². The Kier molecular flexibility index (Phi) is 39.8. The Morgan fingerprint density at radius 1 is 0.634 bits per heavy atom. The van der Waals surface area contributed by atoms with E-state index in [2.05, 4.69) is 68.1 Å². The largest absolute Gasteiger partial charge is 0.394 e. The van der Waals surface area contributed by atoms with Crippen molar-refractivity contribution >= 4 is 83.1 Å². The van der Waals surface area contributed by atoms with E-state index in [1.807, 2.05) is 39.1 Å². The van der Waals surface area contributed by atoms with E-state index in [1.165, 1.54) is 38.1 Å². The van der Waals surface area contributed by atoms with Crippen LogP contribution in [0.5, 0.6) is 0 Å². The molecule has 0 aliphatic carbocycles. The van der Waals surface area contributed by atoms with E-state index in [1.54, 1.807) is 30.3 Å². The van der Waals surface area contributed by atoms with Crippen molar-refractivity contribution in [2.24, 2.45) is 33.8 Å². The third kappa shape index (κ3) is 33.6. The summed E-state index contributed by atoms with van der Waals surface area (Å²) < 4.78 is 0. The van der Waals surface area contributed by atoms with Crippen LogP contribution in [0.3, 0.4) is 0 Å². The number of aliphatic hydroxyl groups is 2. The number of carbonyl (C=O) groups is 11. The molecule has 21 N–H and O–H groups in total. The quantitative estimate of drug-likeness (QED) is 0.0132. The summed E-state index contributed by atoms with van der Waals surface area (Å²) in [4.78, 5) is 164. The van der Waals surface area contributed by atoms with Crippen molar-refractivity contribution < 1.29 is 63.0 Å². The molecule has 0 aliphatic heterocycles. The number of carbonyl (C=O) groups excluding carboxylic acids is 11. The Morgan fingerprint density at radius 3 is 1.61 bits per heavy atom. The van der Waals surface area contributed by atoms with Crippen LogP contribution in [0.4, 0.5) is 0 Å². The fraction of sp³-hybridized carbons (Fsp3) is 0.656. The van der Waals surface area contributed by atoms with E-state index in [0.717, 1.165) is 5.56 Å². The van der Waals surface area contributed by atoms with Gasteiger partial charge in [0.2, 0.25) is 59.1 Å². The summed E-state index contributed by atoms with van der Waals surface area (Å²) in [5, 5.41) is 46.8. The zero-order valence-electron chi connectivity index (χ0n) is 54.8. The van der Waals surface area contributed by atoms with Gasteiger partial charge >= 0.3 is 0 Å². The van der Waals surface area contributed by atoms with Crippen LogP contribution in [0, 0.1) is 5.92 Å². The lowest BCUT2D eigenvalue weighted by molar-refractivity contribution is -0.136. The number of aromatic nitrogens is 2. The number of aliphatic hydroxyl groups excluding tert-OH is 2. The average molecular weight is 1330 g/mol. The van der Waals surface area contributed by atoms with E-state index in [9.17, 15) is 63.0 Å². The van der Waals surface area contributed by atoms with Gasteiger partial charge in [0.05, 0.1) is 25.1 Å². The monoisotopic (exact) mass is 1330 g/mol. The minimum atomic E-state index is -1.64. The van der Waals surface area contributed by atoms with Gasteiger partial charge < -0.3 is 101 Å². The van der Waals surface area contributed by atoms with Gasteiger partial charge in [-0.3, -0.25) is 52.9 Å². The normalized spacial score (nSPS) is 14.8. The second-order valence-electron chi connectivity index (χ2n) is 23.6. The number of nitrogens with one attached hydrogen (secondary N) is 11. The highest BCUT2D eigenvalue weighted by Crippen LogP contribution is 2.14. The van der Waals surface area contributed by atoms with Crippen molar-refractivity contribution in [1.82, 2.24) is 68.0 Å². The number of rotatable bonds is 48. The molecule has 93 heavy (non-hydrogen) atoms. The van der Waals surface area contributed by atoms with E-state index in [-0.39, 0.29) is 88.7 Å². The molecule has 31 nitrogen and oxygen atoms in total. The number of nitrogens with two attached hydrogens (primary N) is 4. The van der Waals surface area contributed by atoms with Crippen LogP contribution in [0.25, 0.3) is 0 Å². The first-order valence-electron chi connectivity index (χ1n) is 31.6. The highest BCUT2D eigenvalue weighted by molar-refractivity contribution is 7.98. The molecule has 2 aromatic rings. The molecule has 0 spiro atoms. The number of guanidine groups is 1. The number of aliphatic imine (C=N–C) groups is 1. The third-order valence-corrected chi connectivity index (χ3v) is 15.3. The maximum absolute atomic E-state index is 14.8. The molecule has 522 valence electrons. The van der Waals surface area contributed by atoms with Gasteiger partial charge in [-0.1, -0.05) is 44.2 Å². The summed E-state index contributed by atoms with van der Waals surface area (Å²) in [5.41, 5.74) is 23.5. The number of nitrogens with zero attached hydrogens (tertiary/aromatic N) is 3. The summed E-state index contributed by atoms with van der Waals surface area (Å²) in [7, 11) is 3.75. The van der Waals surface area contributed by atoms with E-state index < -0.39 is 126 Å². The summed E-state index contributed by atoms with van der Waals surface area (Å²) in [6, 6.07) is -4.29. The standard InChI is InChI=1S/C61H104N18O13S/c1-37(2)30-47(57(89)74-46(24-29-93-7)55(87)76-48(31-40-18-9-8-10-19-40)56(88)70-41(34-80)20-11-14-25-62)75-53(85)44(22-13-16-28-79(5)6)71-52(84)43(21-12-15-26-67-39(4)83)72-58(90)49(32-42-33-66-36-69-42)77-54(86)45(23-17-27-68-61(64)65)73-59(91)50(35-81)78-60(92)51(63)38(3)82/h8-10,18-19,33-34,36-38,41,43-51,81-82H,11-17,20-32,35,62-63H2,1-7H3,(H,66,69)(H,67,83)(H,70,88)(H,71,84)(H,72,90)(H,73,91)(H,74,89)(H,75,85)(H,76,87)(H,77,86)(H,78,92)(H4,64,65,68)/t38-,41+,43+,44+,45+,46+,47+,48+,49+,50+,51+/m1/s1. The number of hydrogen-bond donors (Lipinski definition) is 17. The van der Waals surface area contributed by atoms with Gasteiger partial charge in [-0.2, -0.15) is 11.8 Å². The van der Waals surface area contributed by atoms with Gasteiger partial charge in [0.25, 0.3) is 0 Å². The Balaban J connectivity index is 2.61. The van der Waals surface area contributed by atoms with E-state index >= 15 is 0 Å². The Labute approximate surface area is 549 Å². The van der Waals surface area contributed by atoms with Crippen molar-refractivity contribution in [3.8, 4) is 0 Å². The lowest BCUT2D eigenvalue weighted by Gasteiger charge is -2.29.